The minimum atomic E-state index is -0.0666. The Hall–Kier alpha value is -1.17. The van der Waals surface area contributed by atoms with Crippen LogP contribution in [0.3, 0.4) is 0 Å². The Kier molecular flexibility index (Phi) is 4.15. The van der Waals surface area contributed by atoms with Crippen molar-refractivity contribution >= 4 is 32.5 Å². The van der Waals surface area contributed by atoms with E-state index in [0.717, 1.165) is 40.5 Å². The summed E-state index contributed by atoms with van der Waals surface area (Å²) in [4.78, 5) is 4.53. The number of pyridine rings is 1. The highest BCUT2D eigenvalue weighted by Crippen LogP contribution is 2.38. The van der Waals surface area contributed by atoms with E-state index in [1.54, 1.807) is 0 Å². The van der Waals surface area contributed by atoms with Crippen LogP contribution in [0.5, 0.6) is 0 Å². The number of benzene rings is 1. The number of aromatic nitrogens is 1. The standard InChI is InChI=1S/C16H20BrN3O/c1-2-21-13-7-16(8-13,10-18)20-14-5-3-4-11-6-12(17)9-19-15(11)14/h3-6,9,13,20H,2,7-8,10,18H2,1H3. The molecule has 0 amide bonds. The molecule has 21 heavy (non-hydrogen) atoms. The molecule has 2 aromatic rings. The van der Waals surface area contributed by atoms with Crippen LogP contribution < -0.4 is 11.1 Å². The van der Waals surface area contributed by atoms with E-state index < -0.39 is 0 Å². The second-order valence-corrected chi connectivity index (χ2v) is 6.54. The Balaban J connectivity index is 1.84. The van der Waals surface area contributed by atoms with Crippen LogP contribution in [0.15, 0.2) is 34.9 Å². The first-order chi connectivity index (χ1) is 10.2. The number of nitrogens with two attached hydrogens (primary N) is 1. The van der Waals surface area contributed by atoms with Crippen LogP contribution in [-0.2, 0) is 4.74 Å². The van der Waals surface area contributed by atoms with Gasteiger partial charge in [0.15, 0.2) is 0 Å². The maximum atomic E-state index is 6.00. The van der Waals surface area contributed by atoms with E-state index in [1.165, 1.54) is 0 Å². The van der Waals surface area contributed by atoms with Crippen LogP contribution in [0.1, 0.15) is 19.8 Å². The van der Waals surface area contributed by atoms with Gasteiger partial charge < -0.3 is 15.8 Å². The zero-order chi connectivity index (χ0) is 14.9. The number of rotatable bonds is 5. The topological polar surface area (TPSA) is 60.2 Å². The molecule has 1 aromatic carbocycles. The predicted molar refractivity (Wildman–Crippen MR) is 89.5 cm³/mol. The fourth-order valence-corrected chi connectivity index (χ4v) is 3.35. The number of para-hydroxylation sites is 1. The Morgan fingerprint density at radius 3 is 3.00 bits per heavy atom. The van der Waals surface area contributed by atoms with Crippen molar-refractivity contribution in [1.29, 1.82) is 0 Å². The van der Waals surface area contributed by atoms with Gasteiger partial charge in [0.05, 0.1) is 22.8 Å². The van der Waals surface area contributed by atoms with Crippen LogP contribution >= 0.6 is 15.9 Å². The number of anilines is 1. The van der Waals surface area contributed by atoms with Gasteiger partial charge in [-0.25, -0.2) is 0 Å². The molecule has 5 heteroatoms. The van der Waals surface area contributed by atoms with Crippen molar-refractivity contribution < 1.29 is 4.74 Å². The molecule has 0 aliphatic heterocycles. The van der Waals surface area contributed by atoms with E-state index in [9.17, 15) is 0 Å². The Bertz CT molecular complexity index is 640. The number of hydrogen-bond donors (Lipinski definition) is 2. The summed E-state index contributed by atoms with van der Waals surface area (Å²) < 4.78 is 6.65. The van der Waals surface area contributed by atoms with Gasteiger partial charge in [-0.05, 0) is 47.8 Å². The number of nitrogens with one attached hydrogen (secondary N) is 1. The highest BCUT2D eigenvalue weighted by Gasteiger charge is 2.44. The first-order valence-corrected chi connectivity index (χ1v) is 8.09. The van der Waals surface area contributed by atoms with Crippen LogP contribution in [0.4, 0.5) is 5.69 Å². The average molecular weight is 350 g/mol. The van der Waals surface area contributed by atoms with Gasteiger partial charge in [0.1, 0.15) is 0 Å². The number of hydrogen-bond acceptors (Lipinski definition) is 4. The van der Waals surface area contributed by atoms with Crippen LogP contribution in [-0.4, -0.2) is 29.8 Å². The lowest BCUT2D eigenvalue weighted by molar-refractivity contribution is -0.0271. The van der Waals surface area contributed by atoms with Crippen molar-refractivity contribution in [3.8, 4) is 0 Å². The molecule has 0 spiro atoms. The van der Waals surface area contributed by atoms with E-state index >= 15 is 0 Å². The smallest absolute Gasteiger partial charge is 0.0934 e. The third-order valence-corrected chi connectivity index (χ3v) is 4.54. The fraction of sp³-hybridized carbons (Fsp3) is 0.438. The van der Waals surface area contributed by atoms with Gasteiger partial charge in [-0.3, -0.25) is 4.98 Å². The summed E-state index contributed by atoms with van der Waals surface area (Å²) in [7, 11) is 0. The molecule has 3 rings (SSSR count). The lowest BCUT2D eigenvalue weighted by Gasteiger charge is -2.47. The quantitative estimate of drug-likeness (QED) is 0.869. The SMILES string of the molecule is CCOC1CC(CN)(Nc2cccc3cc(Br)cnc23)C1. The molecule has 1 saturated carbocycles. The summed E-state index contributed by atoms with van der Waals surface area (Å²) >= 11 is 3.46. The molecule has 0 bridgehead atoms. The summed E-state index contributed by atoms with van der Waals surface area (Å²) in [6, 6.07) is 8.25. The molecule has 0 radical (unpaired) electrons. The fourth-order valence-electron chi connectivity index (χ4n) is 3.01. The summed E-state index contributed by atoms with van der Waals surface area (Å²) in [5, 5.41) is 4.72. The molecule has 4 nitrogen and oxygen atoms in total. The van der Waals surface area contributed by atoms with Crippen molar-refractivity contribution in [2.45, 2.75) is 31.4 Å². The maximum absolute atomic E-state index is 6.00. The largest absolute Gasteiger partial charge is 0.378 e. The third kappa shape index (κ3) is 2.91. The maximum Gasteiger partial charge on any atom is 0.0934 e. The van der Waals surface area contributed by atoms with E-state index in [1.807, 2.05) is 19.2 Å². The summed E-state index contributed by atoms with van der Waals surface area (Å²) in [5.74, 6) is 0. The first kappa shape index (κ1) is 14.8. The summed E-state index contributed by atoms with van der Waals surface area (Å²) in [6.07, 6.45) is 4.05. The Morgan fingerprint density at radius 2 is 2.29 bits per heavy atom. The van der Waals surface area contributed by atoms with Crippen molar-refractivity contribution in [2.24, 2.45) is 5.73 Å². The molecule has 1 heterocycles. The molecule has 112 valence electrons. The molecule has 1 aromatic heterocycles. The van der Waals surface area contributed by atoms with Gasteiger partial charge in [0.25, 0.3) is 0 Å². The second kappa shape index (κ2) is 5.91. The van der Waals surface area contributed by atoms with Crippen molar-refractivity contribution in [3.05, 3.63) is 34.9 Å². The highest BCUT2D eigenvalue weighted by molar-refractivity contribution is 9.10. The second-order valence-electron chi connectivity index (χ2n) is 5.63. The average Bonchev–Trinajstić information content (AvgIpc) is 2.44. The van der Waals surface area contributed by atoms with Crippen molar-refractivity contribution in [1.82, 2.24) is 4.98 Å². The molecular formula is C16H20BrN3O. The summed E-state index contributed by atoms with van der Waals surface area (Å²) in [5.41, 5.74) is 7.95. The molecular weight excluding hydrogens is 330 g/mol. The molecule has 1 aliphatic carbocycles. The molecule has 0 unspecified atom stereocenters. The Morgan fingerprint density at radius 1 is 1.48 bits per heavy atom. The molecule has 1 aliphatic rings. The molecule has 1 fully saturated rings. The van der Waals surface area contributed by atoms with Gasteiger partial charge in [-0.1, -0.05) is 12.1 Å². The van der Waals surface area contributed by atoms with Gasteiger partial charge in [0.2, 0.25) is 0 Å². The zero-order valence-corrected chi connectivity index (χ0v) is 13.7. The van der Waals surface area contributed by atoms with Gasteiger partial charge in [-0.15, -0.1) is 0 Å². The summed E-state index contributed by atoms with van der Waals surface area (Å²) in [6.45, 7) is 3.39. The number of nitrogens with zero attached hydrogens (tertiary/aromatic N) is 1. The number of halogens is 1. The van der Waals surface area contributed by atoms with Gasteiger partial charge in [-0.2, -0.15) is 0 Å². The Labute approximate surface area is 133 Å². The normalized spacial score (nSPS) is 24.8. The monoisotopic (exact) mass is 349 g/mol. The van der Waals surface area contributed by atoms with E-state index in [-0.39, 0.29) is 5.54 Å². The first-order valence-electron chi connectivity index (χ1n) is 7.30. The minimum absolute atomic E-state index is 0.0666. The van der Waals surface area contributed by atoms with Gasteiger partial charge >= 0.3 is 0 Å². The molecule has 0 atom stereocenters. The van der Waals surface area contributed by atoms with E-state index in [0.29, 0.717) is 12.6 Å². The lowest BCUT2D eigenvalue weighted by Crippen LogP contribution is -2.58. The molecule has 0 saturated heterocycles. The van der Waals surface area contributed by atoms with Crippen LogP contribution in [0.25, 0.3) is 10.9 Å². The predicted octanol–water partition coefficient (Wildman–Crippen LogP) is 3.31. The van der Waals surface area contributed by atoms with Crippen molar-refractivity contribution in [2.75, 3.05) is 18.5 Å². The van der Waals surface area contributed by atoms with Crippen LogP contribution in [0.2, 0.25) is 0 Å². The minimum Gasteiger partial charge on any atom is -0.378 e. The zero-order valence-electron chi connectivity index (χ0n) is 12.1. The van der Waals surface area contributed by atoms with E-state index in [4.69, 9.17) is 10.5 Å². The molecule has 3 N–H and O–H groups in total. The van der Waals surface area contributed by atoms with Crippen LogP contribution in [0, 0.1) is 0 Å². The third-order valence-electron chi connectivity index (χ3n) is 4.11. The highest BCUT2D eigenvalue weighted by atomic mass is 79.9. The number of ether oxygens (including phenoxy) is 1. The number of fused-ring (bicyclic) bond motifs is 1. The van der Waals surface area contributed by atoms with Crippen molar-refractivity contribution in [3.63, 3.8) is 0 Å². The lowest BCUT2D eigenvalue weighted by atomic mass is 9.74. The van der Waals surface area contributed by atoms with E-state index in [2.05, 4.69) is 44.4 Å². The van der Waals surface area contributed by atoms with Gasteiger partial charge in [0, 0.05) is 29.2 Å².